The molecule has 0 aromatic heterocycles. The van der Waals surface area contributed by atoms with Crippen molar-refractivity contribution in [3.63, 3.8) is 0 Å². The van der Waals surface area contributed by atoms with Gasteiger partial charge in [0.1, 0.15) is 5.75 Å². The third kappa shape index (κ3) is 4.75. The van der Waals surface area contributed by atoms with E-state index >= 15 is 0 Å². The van der Waals surface area contributed by atoms with Crippen LogP contribution in [-0.4, -0.2) is 38.9 Å². The second kappa shape index (κ2) is 8.89. The lowest BCUT2D eigenvalue weighted by Gasteiger charge is -2.28. The second-order valence-corrected chi connectivity index (χ2v) is 6.68. The van der Waals surface area contributed by atoms with Crippen LogP contribution in [0.1, 0.15) is 38.3 Å². The number of halogens is 1. The van der Waals surface area contributed by atoms with Gasteiger partial charge in [-0.25, -0.2) is 0 Å². The second-order valence-electron chi connectivity index (χ2n) is 6.68. The number of para-hydroxylation sites is 1. The molecule has 2 unspecified atom stereocenters. The fourth-order valence-corrected chi connectivity index (χ4v) is 3.08. The van der Waals surface area contributed by atoms with Gasteiger partial charge in [-0.2, -0.15) is 0 Å². The zero-order chi connectivity index (χ0) is 16.1. The summed E-state index contributed by atoms with van der Waals surface area (Å²) in [5.41, 5.74) is 1.37. The van der Waals surface area contributed by atoms with Crippen molar-refractivity contribution in [2.45, 2.75) is 32.7 Å². The van der Waals surface area contributed by atoms with Crippen LogP contribution < -0.4 is 15.4 Å². The lowest BCUT2D eigenvalue weighted by atomic mass is 9.90. The minimum atomic E-state index is 0. The Kier molecular flexibility index (Phi) is 7.16. The van der Waals surface area contributed by atoms with E-state index in [9.17, 15) is 0 Å². The predicted octanol–water partition coefficient (Wildman–Crippen LogP) is 3.11. The molecule has 1 saturated heterocycles. The van der Waals surface area contributed by atoms with Gasteiger partial charge >= 0.3 is 0 Å². The molecule has 0 amide bonds. The number of rotatable bonds is 4. The van der Waals surface area contributed by atoms with Crippen LogP contribution in [0.2, 0.25) is 0 Å². The Balaban J connectivity index is 0.00000208. The predicted molar refractivity (Wildman–Crippen MR) is 107 cm³/mol. The summed E-state index contributed by atoms with van der Waals surface area (Å²) in [6.07, 6.45) is 2.03. The van der Waals surface area contributed by atoms with E-state index in [2.05, 4.69) is 36.6 Å². The third-order valence-corrected chi connectivity index (χ3v) is 4.53. The van der Waals surface area contributed by atoms with Gasteiger partial charge in [0.05, 0.1) is 25.8 Å². The molecule has 0 bridgehead atoms. The van der Waals surface area contributed by atoms with Crippen LogP contribution >= 0.6 is 24.0 Å². The number of nitrogens with one attached hydrogen (secondary N) is 2. The van der Waals surface area contributed by atoms with Gasteiger partial charge in [-0.15, -0.1) is 24.0 Å². The van der Waals surface area contributed by atoms with Crippen molar-refractivity contribution >= 4 is 29.9 Å². The van der Waals surface area contributed by atoms with E-state index in [-0.39, 0.29) is 35.4 Å². The molecule has 5 nitrogen and oxygen atoms in total. The summed E-state index contributed by atoms with van der Waals surface area (Å²) < 4.78 is 11.3. The Morgan fingerprint density at radius 2 is 2.17 bits per heavy atom. The van der Waals surface area contributed by atoms with E-state index in [0.717, 1.165) is 57.5 Å². The van der Waals surface area contributed by atoms with E-state index in [1.165, 1.54) is 5.56 Å². The number of benzene rings is 1. The standard InChI is InChI=1S/C18H27N3O2.HI/c1-3-19-17(20-12-18(2)9-11-22-13-18)21-15-8-10-23-16-7-5-4-6-14(15)16;/h4-7,15H,3,8-13H2,1-2H3,(H2,19,20,21);1H. The van der Waals surface area contributed by atoms with Crippen LogP contribution in [0.3, 0.4) is 0 Å². The van der Waals surface area contributed by atoms with Gasteiger partial charge in [-0.3, -0.25) is 4.99 Å². The number of hydrogen-bond acceptors (Lipinski definition) is 3. The van der Waals surface area contributed by atoms with Crippen molar-refractivity contribution in [3.8, 4) is 5.75 Å². The molecule has 1 aromatic rings. The first-order chi connectivity index (χ1) is 11.2. The summed E-state index contributed by atoms with van der Waals surface area (Å²) in [5.74, 6) is 1.85. The summed E-state index contributed by atoms with van der Waals surface area (Å²) in [6, 6.07) is 8.47. The van der Waals surface area contributed by atoms with Gasteiger partial charge in [0.15, 0.2) is 5.96 Å². The average molecular weight is 445 g/mol. The number of aliphatic imine (C=N–C) groups is 1. The Labute approximate surface area is 161 Å². The quantitative estimate of drug-likeness (QED) is 0.425. The highest BCUT2D eigenvalue weighted by Gasteiger charge is 2.30. The molecule has 1 fully saturated rings. The molecule has 0 spiro atoms. The van der Waals surface area contributed by atoms with Crippen LogP contribution in [0.25, 0.3) is 0 Å². The van der Waals surface area contributed by atoms with Crippen LogP contribution in [0.5, 0.6) is 5.75 Å². The van der Waals surface area contributed by atoms with Crippen LogP contribution in [-0.2, 0) is 4.74 Å². The van der Waals surface area contributed by atoms with Crippen LogP contribution in [0.4, 0.5) is 0 Å². The van der Waals surface area contributed by atoms with Crippen molar-refractivity contribution in [2.24, 2.45) is 10.4 Å². The third-order valence-electron chi connectivity index (χ3n) is 4.53. The lowest BCUT2D eigenvalue weighted by molar-refractivity contribution is 0.163. The van der Waals surface area contributed by atoms with Crippen LogP contribution in [0, 0.1) is 5.41 Å². The highest BCUT2D eigenvalue weighted by molar-refractivity contribution is 14.0. The first-order valence-corrected chi connectivity index (χ1v) is 8.54. The SMILES string of the molecule is CCNC(=NCC1(C)CCOC1)NC1CCOc2ccccc21.I. The maximum absolute atomic E-state index is 5.74. The van der Waals surface area contributed by atoms with Crippen LogP contribution in [0.15, 0.2) is 29.3 Å². The summed E-state index contributed by atoms with van der Waals surface area (Å²) in [7, 11) is 0. The highest BCUT2D eigenvalue weighted by atomic mass is 127. The van der Waals surface area contributed by atoms with Gasteiger partial charge in [0.2, 0.25) is 0 Å². The lowest BCUT2D eigenvalue weighted by Crippen LogP contribution is -2.41. The molecule has 2 N–H and O–H groups in total. The molecular formula is C18H28IN3O2. The Bertz CT molecular complexity index is 559. The maximum atomic E-state index is 5.74. The first kappa shape index (κ1) is 19.3. The monoisotopic (exact) mass is 445 g/mol. The van der Waals surface area contributed by atoms with E-state index < -0.39 is 0 Å². The minimum Gasteiger partial charge on any atom is -0.493 e. The molecule has 2 aliphatic rings. The molecule has 2 aliphatic heterocycles. The molecule has 24 heavy (non-hydrogen) atoms. The fraction of sp³-hybridized carbons (Fsp3) is 0.611. The molecule has 3 rings (SSSR count). The number of guanidine groups is 1. The summed E-state index contributed by atoms with van der Waals surface area (Å²) in [5, 5.41) is 6.93. The molecule has 0 radical (unpaired) electrons. The first-order valence-electron chi connectivity index (χ1n) is 8.54. The Morgan fingerprint density at radius 1 is 1.33 bits per heavy atom. The zero-order valence-electron chi connectivity index (χ0n) is 14.5. The molecule has 0 aliphatic carbocycles. The maximum Gasteiger partial charge on any atom is 0.191 e. The Hall–Kier alpha value is -1.02. The Morgan fingerprint density at radius 3 is 2.92 bits per heavy atom. The number of nitrogens with zero attached hydrogens (tertiary/aromatic N) is 1. The summed E-state index contributed by atoms with van der Waals surface area (Å²) >= 11 is 0. The van der Waals surface area contributed by atoms with Gasteiger partial charge < -0.3 is 20.1 Å². The van der Waals surface area contributed by atoms with Gasteiger partial charge in [-0.1, -0.05) is 25.1 Å². The van der Waals surface area contributed by atoms with Gasteiger partial charge in [0.25, 0.3) is 0 Å². The number of ether oxygens (including phenoxy) is 2. The normalized spacial score (nSPS) is 26.1. The van der Waals surface area contributed by atoms with E-state index in [1.54, 1.807) is 0 Å². The van der Waals surface area contributed by atoms with Crippen molar-refractivity contribution in [1.82, 2.24) is 10.6 Å². The molecular weight excluding hydrogens is 417 g/mol. The van der Waals surface area contributed by atoms with E-state index in [4.69, 9.17) is 14.5 Å². The molecule has 134 valence electrons. The van der Waals surface area contributed by atoms with Crippen molar-refractivity contribution in [3.05, 3.63) is 29.8 Å². The average Bonchev–Trinajstić information content (AvgIpc) is 3.00. The van der Waals surface area contributed by atoms with Crippen molar-refractivity contribution in [1.29, 1.82) is 0 Å². The number of hydrogen-bond donors (Lipinski definition) is 2. The van der Waals surface area contributed by atoms with Crippen molar-refractivity contribution in [2.75, 3.05) is 32.9 Å². The molecule has 1 aromatic carbocycles. The topological polar surface area (TPSA) is 54.9 Å². The minimum absolute atomic E-state index is 0. The summed E-state index contributed by atoms with van der Waals surface area (Å²) in [6.45, 7) is 8.36. The molecule has 0 saturated carbocycles. The fourth-order valence-electron chi connectivity index (χ4n) is 3.08. The van der Waals surface area contributed by atoms with Crippen molar-refractivity contribution < 1.29 is 9.47 Å². The zero-order valence-corrected chi connectivity index (χ0v) is 16.8. The largest absolute Gasteiger partial charge is 0.493 e. The molecule has 6 heteroatoms. The summed E-state index contributed by atoms with van der Waals surface area (Å²) in [4.78, 5) is 4.81. The van der Waals surface area contributed by atoms with E-state index in [0.29, 0.717) is 0 Å². The number of fused-ring (bicyclic) bond motifs is 1. The van der Waals surface area contributed by atoms with E-state index in [1.807, 2.05) is 12.1 Å². The molecule has 2 heterocycles. The smallest absolute Gasteiger partial charge is 0.191 e. The van der Waals surface area contributed by atoms with Gasteiger partial charge in [0, 0.05) is 30.6 Å². The van der Waals surface area contributed by atoms with Gasteiger partial charge in [-0.05, 0) is 19.4 Å². The molecule has 2 atom stereocenters. The highest BCUT2D eigenvalue weighted by Crippen LogP contribution is 2.31.